The number of carbonyl (C=O) groups is 2. The van der Waals surface area contributed by atoms with E-state index in [0.29, 0.717) is 18.5 Å². The largest absolute Gasteiger partial charge is 0.348 e. The van der Waals surface area contributed by atoms with Gasteiger partial charge in [-0.25, -0.2) is 0 Å². The summed E-state index contributed by atoms with van der Waals surface area (Å²) in [6.07, 6.45) is 1.51. The van der Waals surface area contributed by atoms with E-state index in [0.717, 1.165) is 18.7 Å². The van der Waals surface area contributed by atoms with Crippen molar-refractivity contribution < 1.29 is 9.59 Å². The van der Waals surface area contributed by atoms with Gasteiger partial charge in [0.1, 0.15) is 0 Å². The summed E-state index contributed by atoms with van der Waals surface area (Å²) in [5.41, 5.74) is 6.89. The molecule has 0 aliphatic carbocycles. The van der Waals surface area contributed by atoms with Gasteiger partial charge < -0.3 is 16.0 Å². The Morgan fingerprint density at radius 3 is 2.63 bits per heavy atom. The summed E-state index contributed by atoms with van der Waals surface area (Å²) in [6.45, 7) is 3.02. The number of carbonyl (C=O) groups excluding carboxylic acids is 2. The van der Waals surface area contributed by atoms with Crippen molar-refractivity contribution in [2.45, 2.75) is 25.8 Å². The zero-order valence-electron chi connectivity index (χ0n) is 11.1. The summed E-state index contributed by atoms with van der Waals surface area (Å²) in [7, 11) is 0. The molecule has 102 valence electrons. The fourth-order valence-electron chi connectivity index (χ4n) is 2.08. The van der Waals surface area contributed by atoms with Gasteiger partial charge in [-0.3, -0.25) is 9.59 Å². The Hall–Kier alpha value is -1.88. The summed E-state index contributed by atoms with van der Waals surface area (Å²) < 4.78 is 0. The Balaban J connectivity index is 2.06. The van der Waals surface area contributed by atoms with Crippen molar-refractivity contribution in [1.29, 1.82) is 0 Å². The van der Waals surface area contributed by atoms with Crippen molar-refractivity contribution >= 4 is 17.5 Å². The first-order valence-electron chi connectivity index (χ1n) is 6.53. The normalized spacial score (nSPS) is 16.5. The van der Waals surface area contributed by atoms with Crippen LogP contribution in [0.15, 0.2) is 24.3 Å². The molecule has 5 heteroatoms. The molecule has 19 heavy (non-hydrogen) atoms. The molecule has 1 saturated heterocycles. The van der Waals surface area contributed by atoms with Crippen LogP contribution in [-0.2, 0) is 4.79 Å². The minimum atomic E-state index is -0.141. The molecule has 3 N–H and O–H groups in total. The van der Waals surface area contributed by atoms with E-state index in [4.69, 9.17) is 5.73 Å². The van der Waals surface area contributed by atoms with Crippen molar-refractivity contribution in [3.05, 3.63) is 29.8 Å². The summed E-state index contributed by atoms with van der Waals surface area (Å²) in [5, 5.41) is 2.80. The standard InChI is InChI=1S/C14H19N3O2/c1-10(9-15)16-14(19)11-4-6-12(7-5-11)17-8-2-3-13(17)18/h4-7,10H,2-3,8-9,15H2,1H3,(H,16,19)/t10-/m0/s1. The van der Waals surface area contributed by atoms with E-state index < -0.39 is 0 Å². The number of rotatable bonds is 4. The highest BCUT2D eigenvalue weighted by atomic mass is 16.2. The molecular formula is C14H19N3O2. The fourth-order valence-corrected chi connectivity index (χ4v) is 2.08. The molecule has 0 unspecified atom stereocenters. The molecule has 1 aromatic carbocycles. The molecular weight excluding hydrogens is 242 g/mol. The van der Waals surface area contributed by atoms with Crippen LogP contribution in [0.2, 0.25) is 0 Å². The van der Waals surface area contributed by atoms with Crippen LogP contribution in [0.5, 0.6) is 0 Å². The summed E-state index contributed by atoms with van der Waals surface area (Å²) in [5.74, 6) is 0.00574. The Bertz CT molecular complexity index is 470. The third-order valence-electron chi connectivity index (χ3n) is 3.25. The Morgan fingerprint density at radius 2 is 2.11 bits per heavy atom. The van der Waals surface area contributed by atoms with Crippen molar-refractivity contribution in [2.75, 3.05) is 18.0 Å². The zero-order chi connectivity index (χ0) is 13.8. The molecule has 1 aromatic rings. The molecule has 2 rings (SSSR count). The molecule has 0 aromatic heterocycles. The Labute approximate surface area is 112 Å². The van der Waals surface area contributed by atoms with Gasteiger partial charge >= 0.3 is 0 Å². The smallest absolute Gasteiger partial charge is 0.251 e. The second kappa shape index (κ2) is 5.84. The molecule has 1 aliphatic rings. The fraction of sp³-hybridized carbons (Fsp3) is 0.429. The number of hydrogen-bond donors (Lipinski definition) is 2. The van der Waals surface area contributed by atoms with Crippen LogP contribution in [0.25, 0.3) is 0 Å². The molecule has 1 heterocycles. The number of nitrogens with zero attached hydrogens (tertiary/aromatic N) is 1. The number of nitrogens with one attached hydrogen (secondary N) is 1. The average Bonchev–Trinajstić information content (AvgIpc) is 2.85. The predicted octanol–water partition coefficient (Wildman–Crippen LogP) is 0.890. The van der Waals surface area contributed by atoms with Crippen LogP contribution in [-0.4, -0.2) is 30.9 Å². The quantitative estimate of drug-likeness (QED) is 0.845. The van der Waals surface area contributed by atoms with Gasteiger partial charge in [0.15, 0.2) is 0 Å². The SMILES string of the molecule is C[C@@H](CN)NC(=O)c1ccc(N2CCCC2=O)cc1. The highest BCUT2D eigenvalue weighted by Gasteiger charge is 2.21. The van der Waals surface area contributed by atoms with E-state index in [1.807, 2.05) is 19.1 Å². The average molecular weight is 261 g/mol. The predicted molar refractivity (Wildman–Crippen MR) is 74.0 cm³/mol. The van der Waals surface area contributed by atoms with E-state index >= 15 is 0 Å². The second-order valence-corrected chi connectivity index (χ2v) is 4.81. The van der Waals surface area contributed by atoms with E-state index in [9.17, 15) is 9.59 Å². The number of nitrogens with two attached hydrogens (primary N) is 1. The first-order chi connectivity index (χ1) is 9.11. The molecule has 0 bridgehead atoms. The minimum Gasteiger partial charge on any atom is -0.348 e. The van der Waals surface area contributed by atoms with Crippen molar-refractivity contribution in [3.8, 4) is 0 Å². The molecule has 0 radical (unpaired) electrons. The van der Waals surface area contributed by atoms with Gasteiger partial charge in [-0.2, -0.15) is 0 Å². The van der Waals surface area contributed by atoms with Gasteiger partial charge in [0.05, 0.1) is 0 Å². The van der Waals surface area contributed by atoms with Crippen LogP contribution in [0.3, 0.4) is 0 Å². The lowest BCUT2D eigenvalue weighted by atomic mass is 10.1. The van der Waals surface area contributed by atoms with Gasteiger partial charge in [-0.05, 0) is 37.6 Å². The Kier molecular flexibility index (Phi) is 4.16. The zero-order valence-corrected chi connectivity index (χ0v) is 11.1. The Morgan fingerprint density at radius 1 is 1.42 bits per heavy atom. The maximum absolute atomic E-state index is 11.9. The molecule has 1 fully saturated rings. The second-order valence-electron chi connectivity index (χ2n) is 4.81. The van der Waals surface area contributed by atoms with Crippen LogP contribution in [0.4, 0.5) is 5.69 Å². The monoisotopic (exact) mass is 261 g/mol. The van der Waals surface area contributed by atoms with Crippen molar-refractivity contribution in [1.82, 2.24) is 5.32 Å². The van der Waals surface area contributed by atoms with E-state index in [1.165, 1.54) is 0 Å². The number of benzene rings is 1. The van der Waals surface area contributed by atoms with Gasteiger partial charge in [0.25, 0.3) is 5.91 Å². The van der Waals surface area contributed by atoms with Crippen LogP contribution in [0.1, 0.15) is 30.1 Å². The maximum atomic E-state index is 11.9. The molecule has 2 amide bonds. The van der Waals surface area contributed by atoms with E-state index in [1.54, 1.807) is 17.0 Å². The lowest BCUT2D eigenvalue weighted by molar-refractivity contribution is -0.117. The van der Waals surface area contributed by atoms with E-state index in [-0.39, 0.29) is 17.9 Å². The lowest BCUT2D eigenvalue weighted by Crippen LogP contribution is -2.37. The molecule has 1 aliphatic heterocycles. The molecule has 0 saturated carbocycles. The molecule has 5 nitrogen and oxygen atoms in total. The summed E-state index contributed by atoms with van der Waals surface area (Å²) in [6, 6.07) is 7.04. The first-order valence-corrected chi connectivity index (χ1v) is 6.53. The highest BCUT2D eigenvalue weighted by molar-refractivity contribution is 5.97. The van der Waals surface area contributed by atoms with Gasteiger partial charge in [-0.1, -0.05) is 0 Å². The van der Waals surface area contributed by atoms with Gasteiger partial charge in [-0.15, -0.1) is 0 Å². The molecule has 0 spiro atoms. The number of anilines is 1. The third kappa shape index (κ3) is 3.12. The van der Waals surface area contributed by atoms with Crippen LogP contribution >= 0.6 is 0 Å². The number of amides is 2. The topological polar surface area (TPSA) is 75.4 Å². The summed E-state index contributed by atoms with van der Waals surface area (Å²) in [4.78, 5) is 25.2. The third-order valence-corrected chi connectivity index (χ3v) is 3.25. The van der Waals surface area contributed by atoms with Crippen molar-refractivity contribution in [2.24, 2.45) is 5.73 Å². The molecule has 1 atom stereocenters. The van der Waals surface area contributed by atoms with Crippen molar-refractivity contribution in [3.63, 3.8) is 0 Å². The van der Waals surface area contributed by atoms with Gasteiger partial charge in [0, 0.05) is 36.8 Å². The minimum absolute atomic E-state index is 0.0488. The first kappa shape index (κ1) is 13.5. The van der Waals surface area contributed by atoms with Gasteiger partial charge in [0.2, 0.25) is 5.91 Å². The maximum Gasteiger partial charge on any atom is 0.251 e. The van der Waals surface area contributed by atoms with Crippen LogP contribution < -0.4 is 16.0 Å². The highest BCUT2D eigenvalue weighted by Crippen LogP contribution is 2.21. The van der Waals surface area contributed by atoms with Crippen LogP contribution in [0, 0.1) is 0 Å². The van der Waals surface area contributed by atoms with E-state index in [2.05, 4.69) is 5.32 Å². The number of hydrogen-bond acceptors (Lipinski definition) is 3. The summed E-state index contributed by atoms with van der Waals surface area (Å²) >= 11 is 0. The lowest BCUT2D eigenvalue weighted by Gasteiger charge is -2.16.